The van der Waals surface area contributed by atoms with Crippen LogP contribution in [0.2, 0.25) is 0 Å². The molecule has 0 spiro atoms. The highest BCUT2D eigenvalue weighted by molar-refractivity contribution is 5.82. The first-order chi connectivity index (χ1) is 9.11. The van der Waals surface area contributed by atoms with E-state index in [0.717, 1.165) is 11.4 Å². The molecule has 1 amide bonds. The predicted octanol–water partition coefficient (Wildman–Crippen LogP) is -1.11. The summed E-state index contributed by atoms with van der Waals surface area (Å²) in [6.45, 7) is 1.09. The third-order valence-electron chi connectivity index (χ3n) is 3.25. The number of H-pyrrole nitrogens is 1. The van der Waals surface area contributed by atoms with Crippen molar-refractivity contribution in [3.05, 3.63) is 17.7 Å². The van der Waals surface area contributed by atoms with Gasteiger partial charge in [0, 0.05) is 33.7 Å². The number of likely N-dealkylation sites (N-methyl/N-ethyl adjacent to an activating group) is 1. The van der Waals surface area contributed by atoms with Crippen LogP contribution in [0.15, 0.2) is 6.33 Å². The minimum Gasteiger partial charge on any atom is -0.389 e. The van der Waals surface area contributed by atoms with Crippen LogP contribution >= 0.6 is 0 Å². The van der Waals surface area contributed by atoms with E-state index in [1.165, 1.54) is 12.0 Å². The molecule has 0 saturated carbocycles. The average Bonchev–Trinajstić information content (AvgIpc) is 2.85. The minimum atomic E-state index is -0.663. The van der Waals surface area contributed by atoms with Gasteiger partial charge in [-0.2, -0.15) is 0 Å². The summed E-state index contributed by atoms with van der Waals surface area (Å²) in [5.74, 6) is -0.0381. The van der Waals surface area contributed by atoms with E-state index < -0.39 is 6.10 Å². The Kier molecular flexibility index (Phi) is 4.52. The van der Waals surface area contributed by atoms with Gasteiger partial charge >= 0.3 is 0 Å². The van der Waals surface area contributed by atoms with E-state index in [2.05, 4.69) is 15.3 Å². The summed E-state index contributed by atoms with van der Waals surface area (Å²) in [6.07, 6.45) is 1.55. The molecule has 0 radical (unpaired) electrons. The first kappa shape index (κ1) is 14.0. The molecule has 0 saturated heterocycles. The Labute approximate surface area is 112 Å². The fraction of sp³-hybridized carbons (Fsp3) is 0.667. The maximum absolute atomic E-state index is 12.2. The standard InChI is InChI=1S/C12H20N4O3/c1-16(5-8(17)6-19-2)12(18)10-3-9-11(4-13-10)15-7-14-9/h7-8,10,13,17H,3-6H2,1-2H3,(H,14,15). The SMILES string of the molecule is COCC(O)CN(C)C(=O)C1Cc2nc[nH]c2CN1. The van der Waals surface area contributed by atoms with Crippen molar-refractivity contribution in [3.63, 3.8) is 0 Å². The largest absolute Gasteiger partial charge is 0.389 e. The lowest BCUT2D eigenvalue weighted by Gasteiger charge is -2.28. The fourth-order valence-corrected chi connectivity index (χ4v) is 2.26. The van der Waals surface area contributed by atoms with E-state index in [-0.39, 0.29) is 25.1 Å². The van der Waals surface area contributed by atoms with Crippen LogP contribution in [0.1, 0.15) is 11.4 Å². The molecule has 7 heteroatoms. The Morgan fingerprint density at radius 3 is 3.26 bits per heavy atom. The second kappa shape index (κ2) is 6.14. The van der Waals surface area contributed by atoms with E-state index >= 15 is 0 Å². The minimum absolute atomic E-state index is 0.0381. The molecule has 2 atom stereocenters. The van der Waals surface area contributed by atoms with Gasteiger partial charge in [-0.15, -0.1) is 0 Å². The number of ether oxygens (including phenoxy) is 1. The molecule has 1 aromatic heterocycles. The number of nitrogens with one attached hydrogen (secondary N) is 2. The Morgan fingerprint density at radius 2 is 2.53 bits per heavy atom. The molecule has 1 aliphatic rings. The van der Waals surface area contributed by atoms with Gasteiger partial charge in [0.05, 0.1) is 36.5 Å². The fourth-order valence-electron chi connectivity index (χ4n) is 2.26. The number of carbonyl (C=O) groups is 1. The number of nitrogens with zero attached hydrogens (tertiary/aromatic N) is 2. The van der Waals surface area contributed by atoms with Crippen LogP contribution < -0.4 is 5.32 Å². The van der Waals surface area contributed by atoms with Crippen molar-refractivity contribution in [1.29, 1.82) is 0 Å². The number of fused-ring (bicyclic) bond motifs is 1. The zero-order chi connectivity index (χ0) is 13.8. The van der Waals surface area contributed by atoms with Crippen molar-refractivity contribution in [1.82, 2.24) is 20.2 Å². The van der Waals surface area contributed by atoms with Crippen molar-refractivity contribution in [2.24, 2.45) is 0 Å². The summed E-state index contributed by atoms with van der Waals surface area (Å²) in [5.41, 5.74) is 1.97. The summed E-state index contributed by atoms with van der Waals surface area (Å²) in [5, 5.41) is 12.8. The first-order valence-electron chi connectivity index (χ1n) is 6.28. The van der Waals surface area contributed by atoms with Gasteiger partial charge in [0.25, 0.3) is 0 Å². The van der Waals surface area contributed by atoms with Gasteiger partial charge in [0.1, 0.15) is 0 Å². The number of rotatable bonds is 5. The quantitative estimate of drug-likeness (QED) is 0.630. The lowest BCUT2D eigenvalue weighted by atomic mass is 10.0. The maximum atomic E-state index is 12.2. The highest BCUT2D eigenvalue weighted by atomic mass is 16.5. The molecule has 2 heterocycles. The monoisotopic (exact) mass is 268 g/mol. The van der Waals surface area contributed by atoms with Crippen LogP contribution in [0.3, 0.4) is 0 Å². The number of imidazole rings is 1. The smallest absolute Gasteiger partial charge is 0.239 e. The molecule has 7 nitrogen and oxygen atoms in total. The molecule has 0 aliphatic carbocycles. The number of methoxy groups -OCH3 is 1. The van der Waals surface area contributed by atoms with Crippen molar-refractivity contribution in [3.8, 4) is 0 Å². The summed E-state index contributed by atoms with van der Waals surface area (Å²) < 4.78 is 4.85. The second-order valence-corrected chi connectivity index (χ2v) is 4.79. The number of hydrogen-bond acceptors (Lipinski definition) is 5. The molecular weight excluding hydrogens is 248 g/mol. The Morgan fingerprint density at radius 1 is 1.74 bits per heavy atom. The topological polar surface area (TPSA) is 90.5 Å². The van der Waals surface area contributed by atoms with E-state index in [9.17, 15) is 9.90 Å². The normalized spacial score (nSPS) is 19.8. The predicted molar refractivity (Wildman–Crippen MR) is 68.4 cm³/mol. The second-order valence-electron chi connectivity index (χ2n) is 4.79. The number of amides is 1. The Balaban J connectivity index is 1.90. The van der Waals surface area contributed by atoms with E-state index in [4.69, 9.17) is 4.74 Å². The van der Waals surface area contributed by atoms with Gasteiger partial charge in [-0.05, 0) is 0 Å². The zero-order valence-electron chi connectivity index (χ0n) is 11.2. The van der Waals surface area contributed by atoms with Gasteiger partial charge < -0.3 is 19.7 Å². The number of hydrogen-bond donors (Lipinski definition) is 3. The zero-order valence-corrected chi connectivity index (χ0v) is 11.2. The van der Waals surface area contributed by atoms with Crippen LogP contribution in [0.5, 0.6) is 0 Å². The molecule has 3 N–H and O–H groups in total. The number of carbonyl (C=O) groups excluding carboxylic acids is 1. The van der Waals surface area contributed by atoms with Gasteiger partial charge in [0.15, 0.2) is 0 Å². The molecule has 106 valence electrons. The van der Waals surface area contributed by atoms with E-state index in [0.29, 0.717) is 13.0 Å². The summed E-state index contributed by atoms with van der Waals surface area (Å²) >= 11 is 0. The van der Waals surface area contributed by atoms with Gasteiger partial charge in [0.2, 0.25) is 5.91 Å². The van der Waals surface area contributed by atoms with E-state index in [1.54, 1.807) is 13.4 Å². The molecule has 1 aromatic rings. The number of aromatic nitrogens is 2. The van der Waals surface area contributed by atoms with Crippen LogP contribution in [-0.2, 0) is 22.5 Å². The van der Waals surface area contributed by atoms with Crippen LogP contribution in [0, 0.1) is 0 Å². The molecule has 0 fully saturated rings. The number of aliphatic hydroxyl groups excluding tert-OH is 1. The van der Waals surface area contributed by atoms with Crippen molar-refractivity contribution in [2.45, 2.75) is 25.1 Å². The lowest BCUT2D eigenvalue weighted by Crippen LogP contribution is -2.50. The Bertz CT molecular complexity index is 434. The summed E-state index contributed by atoms with van der Waals surface area (Å²) in [7, 11) is 3.20. The van der Waals surface area contributed by atoms with Gasteiger partial charge in [-0.3, -0.25) is 10.1 Å². The summed E-state index contributed by atoms with van der Waals surface area (Å²) in [6, 6.07) is -0.282. The number of aliphatic hydroxyl groups is 1. The third-order valence-corrected chi connectivity index (χ3v) is 3.25. The molecule has 0 bridgehead atoms. The molecule has 2 unspecified atom stereocenters. The third kappa shape index (κ3) is 3.31. The highest BCUT2D eigenvalue weighted by Gasteiger charge is 2.28. The summed E-state index contributed by atoms with van der Waals surface area (Å²) in [4.78, 5) is 21.0. The first-order valence-corrected chi connectivity index (χ1v) is 6.28. The molecule has 2 rings (SSSR count). The van der Waals surface area contributed by atoms with Crippen LogP contribution in [0.4, 0.5) is 0 Å². The molecule has 0 aromatic carbocycles. The molecule has 19 heavy (non-hydrogen) atoms. The van der Waals surface area contributed by atoms with Gasteiger partial charge in [-0.25, -0.2) is 4.98 Å². The van der Waals surface area contributed by atoms with E-state index in [1.807, 2.05) is 0 Å². The maximum Gasteiger partial charge on any atom is 0.239 e. The van der Waals surface area contributed by atoms with Gasteiger partial charge in [-0.1, -0.05) is 0 Å². The van der Waals surface area contributed by atoms with Crippen LogP contribution in [0.25, 0.3) is 0 Å². The lowest BCUT2D eigenvalue weighted by molar-refractivity contribution is -0.134. The average molecular weight is 268 g/mol. The highest BCUT2D eigenvalue weighted by Crippen LogP contribution is 2.13. The van der Waals surface area contributed by atoms with Crippen molar-refractivity contribution < 1.29 is 14.6 Å². The molecule has 1 aliphatic heterocycles. The number of aromatic amines is 1. The molecular formula is C12H20N4O3. The van der Waals surface area contributed by atoms with Crippen LogP contribution in [-0.4, -0.2) is 65.3 Å². The Hall–Kier alpha value is -1.44. The van der Waals surface area contributed by atoms with Crippen molar-refractivity contribution >= 4 is 5.91 Å². The van der Waals surface area contributed by atoms with Crippen molar-refractivity contribution in [2.75, 3.05) is 27.3 Å².